The van der Waals surface area contributed by atoms with Crippen molar-refractivity contribution in [3.63, 3.8) is 0 Å². The van der Waals surface area contributed by atoms with Gasteiger partial charge in [0.15, 0.2) is 22.9 Å². The number of hydrogen-bond acceptors (Lipinski definition) is 4. The summed E-state index contributed by atoms with van der Waals surface area (Å²) in [5.74, 6) is -0.826. The van der Waals surface area contributed by atoms with Crippen LogP contribution in [0.1, 0.15) is 13.3 Å². The molecule has 1 fully saturated rings. The largest absolute Gasteiger partial charge is 0.334 e. The normalized spacial score (nSPS) is 19.7. The fourth-order valence-electron chi connectivity index (χ4n) is 3.13. The number of amides is 2. The topological polar surface area (TPSA) is 88.0 Å². The van der Waals surface area contributed by atoms with Crippen molar-refractivity contribution < 1.29 is 27.3 Å². The number of rotatable bonds is 7. The molecule has 0 aromatic heterocycles. The van der Waals surface area contributed by atoms with Crippen LogP contribution in [0.2, 0.25) is 0 Å². The van der Waals surface area contributed by atoms with Crippen molar-refractivity contribution in [2.45, 2.75) is 19.4 Å². The van der Waals surface area contributed by atoms with E-state index >= 15 is 0 Å². The number of carbonyl (C=O) groups is 2. The molecule has 1 aliphatic heterocycles. The number of anilines is 1. The van der Waals surface area contributed by atoms with Gasteiger partial charge in [-0.05, 0) is 31.5 Å². The number of quaternary nitrogens is 1. The molecule has 2 N–H and O–H groups in total. The fourth-order valence-corrected chi connectivity index (χ4v) is 4.86. The predicted octanol–water partition coefficient (Wildman–Crippen LogP) is -0.685. The first-order chi connectivity index (χ1) is 12.2. The Bertz CT molecular complexity index is 769. The van der Waals surface area contributed by atoms with Crippen LogP contribution in [0.5, 0.6) is 0 Å². The Kier molecular flexibility index (Phi) is 6.71. The number of benzene rings is 1. The number of nitrogens with zero attached hydrogens (tertiary/aromatic N) is 1. The van der Waals surface area contributed by atoms with Gasteiger partial charge in [0.05, 0.1) is 18.6 Å². The summed E-state index contributed by atoms with van der Waals surface area (Å²) >= 11 is 0. The summed E-state index contributed by atoms with van der Waals surface area (Å²) in [6, 6.07) is 5.30. The van der Waals surface area contributed by atoms with E-state index in [0.717, 1.165) is 0 Å². The zero-order chi connectivity index (χ0) is 19.3. The second kappa shape index (κ2) is 8.59. The highest BCUT2D eigenvalue weighted by Crippen LogP contribution is 2.17. The molecule has 0 saturated carbocycles. The van der Waals surface area contributed by atoms with Crippen LogP contribution in [0.3, 0.4) is 0 Å². The Labute approximate surface area is 153 Å². The van der Waals surface area contributed by atoms with E-state index in [-0.39, 0.29) is 42.5 Å². The van der Waals surface area contributed by atoms with Gasteiger partial charge in [0.1, 0.15) is 5.82 Å². The number of hydrogen-bond donors (Lipinski definition) is 2. The van der Waals surface area contributed by atoms with Gasteiger partial charge in [-0.2, -0.15) is 0 Å². The maximum Gasteiger partial charge on any atom is 0.279 e. The molecule has 1 aromatic carbocycles. The first kappa shape index (κ1) is 20.3. The molecule has 9 heteroatoms. The van der Waals surface area contributed by atoms with Gasteiger partial charge < -0.3 is 15.1 Å². The van der Waals surface area contributed by atoms with Crippen molar-refractivity contribution in [1.29, 1.82) is 0 Å². The minimum absolute atomic E-state index is 0.00564. The Morgan fingerprint density at radius 1 is 1.35 bits per heavy atom. The van der Waals surface area contributed by atoms with Gasteiger partial charge in [0, 0.05) is 18.3 Å². The third-order valence-electron chi connectivity index (χ3n) is 4.33. The number of halogens is 1. The highest BCUT2D eigenvalue weighted by molar-refractivity contribution is 7.91. The van der Waals surface area contributed by atoms with E-state index in [1.165, 1.54) is 18.2 Å². The van der Waals surface area contributed by atoms with Crippen molar-refractivity contribution >= 4 is 27.3 Å². The van der Waals surface area contributed by atoms with Gasteiger partial charge in [0.25, 0.3) is 11.8 Å². The zero-order valence-corrected chi connectivity index (χ0v) is 15.8. The molecule has 1 saturated heterocycles. The van der Waals surface area contributed by atoms with Gasteiger partial charge in [0.2, 0.25) is 0 Å². The fraction of sp³-hybridized carbons (Fsp3) is 0.529. The number of nitrogens with one attached hydrogen (secondary N) is 2. The molecule has 0 bridgehead atoms. The van der Waals surface area contributed by atoms with E-state index in [1.807, 2.05) is 6.92 Å². The molecule has 144 valence electrons. The Morgan fingerprint density at radius 3 is 2.65 bits per heavy atom. The molecule has 1 heterocycles. The van der Waals surface area contributed by atoms with E-state index in [1.54, 1.807) is 18.0 Å². The molecular weight excluding hydrogens is 361 g/mol. The van der Waals surface area contributed by atoms with Gasteiger partial charge in [-0.25, -0.2) is 12.8 Å². The second-order valence-corrected chi connectivity index (χ2v) is 8.83. The van der Waals surface area contributed by atoms with Crippen LogP contribution >= 0.6 is 0 Å². The molecule has 1 aliphatic rings. The lowest BCUT2D eigenvalue weighted by Gasteiger charge is -2.27. The van der Waals surface area contributed by atoms with Gasteiger partial charge in [-0.1, -0.05) is 6.07 Å². The highest BCUT2D eigenvalue weighted by Gasteiger charge is 2.34. The van der Waals surface area contributed by atoms with Crippen molar-refractivity contribution in [3.8, 4) is 0 Å². The van der Waals surface area contributed by atoms with Crippen LogP contribution in [0.25, 0.3) is 0 Å². The summed E-state index contributed by atoms with van der Waals surface area (Å²) in [6.45, 7) is 2.38. The van der Waals surface area contributed by atoms with Crippen LogP contribution in [0.4, 0.5) is 10.1 Å². The SMILES string of the molecule is CCN(C(=O)C[NH+](C)CC(=O)Nc1cccc(F)c1)[C@H]1CCS(=O)(=O)C1. The molecule has 1 aromatic rings. The van der Waals surface area contributed by atoms with E-state index in [0.29, 0.717) is 23.6 Å². The first-order valence-electron chi connectivity index (χ1n) is 8.57. The quantitative estimate of drug-likeness (QED) is 0.650. The molecule has 0 aliphatic carbocycles. The van der Waals surface area contributed by atoms with Crippen molar-refractivity contribution in [3.05, 3.63) is 30.1 Å². The minimum atomic E-state index is -3.07. The van der Waals surface area contributed by atoms with Gasteiger partial charge >= 0.3 is 0 Å². The first-order valence-corrected chi connectivity index (χ1v) is 10.4. The van der Waals surface area contributed by atoms with E-state index in [4.69, 9.17) is 0 Å². The summed E-state index contributed by atoms with van der Waals surface area (Å²) in [5, 5.41) is 2.59. The maximum atomic E-state index is 13.1. The Hall–Kier alpha value is -2.00. The van der Waals surface area contributed by atoms with E-state index < -0.39 is 15.7 Å². The molecule has 0 spiro atoms. The summed E-state index contributed by atoms with van der Waals surface area (Å²) in [4.78, 5) is 26.8. The minimum Gasteiger partial charge on any atom is -0.334 e. The van der Waals surface area contributed by atoms with Crippen molar-refractivity contribution in [2.24, 2.45) is 0 Å². The van der Waals surface area contributed by atoms with Crippen LogP contribution in [0, 0.1) is 5.82 Å². The Balaban J connectivity index is 1.86. The van der Waals surface area contributed by atoms with Crippen molar-refractivity contribution in [1.82, 2.24) is 4.90 Å². The predicted molar refractivity (Wildman–Crippen MR) is 96.1 cm³/mol. The smallest absolute Gasteiger partial charge is 0.279 e. The lowest BCUT2D eigenvalue weighted by Crippen LogP contribution is -3.11. The summed E-state index contributed by atoms with van der Waals surface area (Å²) in [6.07, 6.45) is 0.459. The van der Waals surface area contributed by atoms with Crippen LogP contribution in [-0.2, 0) is 19.4 Å². The molecule has 26 heavy (non-hydrogen) atoms. The maximum absolute atomic E-state index is 13.1. The molecule has 7 nitrogen and oxygen atoms in total. The van der Waals surface area contributed by atoms with E-state index in [2.05, 4.69) is 5.32 Å². The standard InChI is InChI=1S/C17H24FN3O4S/c1-3-21(15-7-8-26(24,25)12-15)17(23)11-20(2)10-16(22)19-14-6-4-5-13(18)9-14/h4-6,9,15H,3,7-8,10-12H2,1-2H3,(H,19,22)/p+1/t15-/m0/s1. The zero-order valence-electron chi connectivity index (χ0n) is 15.0. The Morgan fingerprint density at radius 2 is 2.08 bits per heavy atom. The van der Waals surface area contributed by atoms with Crippen molar-refractivity contribution in [2.75, 3.05) is 43.5 Å². The summed E-state index contributed by atoms with van der Waals surface area (Å²) in [7, 11) is -1.35. The van der Waals surface area contributed by atoms with Gasteiger partial charge in [-0.15, -0.1) is 0 Å². The third kappa shape index (κ3) is 5.77. The molecule has 2 rings (SSSR count). The summed E-state index contributed by atoms with van der Waals surface area (Å²) < 4.78 is 36.4. The molecule has 2 atom stereocenters. The molecular formula is C17H25FN3O4S+. The van der Waals surface area contributed by atoms with Crippen LogP contribution in [-0.4, -0.2) is 69.4 Å². The number of sulfone groups is 1. The van der Waals surface area contributed by atoms with Crippen LogP contribution < -0.4 is 10.2 Å². The van der Waals surface area contributed by atoms with Gasteiger partial charge in [-0.3, -0.25) is 9.59 Å². The molecule has 2 amide bonds. The van der Waals surface area contributed by atoms with Crippen LogP contribution in [0.15, 0.2) is 24.3 Å². The second-order valence-electron chi connectivity index (χ2n) is 6.61. The molecule has 1 unspecified atom stereocenters. The number of carbonyl (C=O) groups excluding carboxylic acids is 2. The lowest BCUT2D eigenvalue weighted by molar-refractivity contribution is -0.862. The monoisotopic (exact) mass is 386 g/mol. The highest BCUT2D eigenvalue weighted by atomic mass is 32.2. The third-order valence-corrected chi connectivity index (χ3v) is 6.08. The average Bonchev–Trinajstić information content (AvgIpc) is 2.87. The lowest BCUT2D eigenvalue weighted by atomic mass is 10.2. The van der Waals surface area contributed by atoms with E-state index in [9.17, 15) is 22.4 Å². The summed E-state index contributed by atoms with van der Waals surface area (Å²) in [5.41, 5.74) is 0.362. The average molecular weight is 386 g/mol. The number of likely N-dealkylation sites (N-methyl/N-ethyl adjacent to an activating group) is 2. The molecule has 0 radical (unpaired) electrons.